The number of para-hydroxylation sites is 1. The van der Waals surface area contributed by atoms with Crippen molar-refractivity contribution in [2.45, 2.75) is 19.4 Å². The molecule has 0 spiro atoms. The lowest BCUT2D eigenvalue weighted by molar-refractivity contribution is -0.136. The second kappa shape index (κ2) is 8.91. The van der Waals surface area contributed by atoms with E-state index in [1.54, 1.807) is 0 Å². The Morgan fingerprint density at radius 2 is 1.70 bits per heavy atom. The molecule has 0 N–H and O–H groups in total. The lowest BCUT2D eigenvalue weighted by Gasteiger charge is -2.39. The first kappa shape index (κ1) is 19.2. The van der Waals surface area contributed by atoms with Crippen LogP contribution in [0.25, 0.3) is 0 Å². The van der Waals surface area contributed by atoms with Gasteiger partial charge >= 0.3 is 0 Å². The van der Waals surface area contributed by atoms with Gasteiger partial charge in [0.2, 0.25) is 0 Å². The first-order chi connectivity index (χ1) is 13.0. The van der Waals surface area contributed by atoms with Crippen LogP contribution in [0.5, 0.6) is 17.2 Å². The van der Waals surface area contributed by atoms with Crippen LogP contribution in [0.3, 0.4) is 0 Å². The van der Waals surface area contributed by atoms with Gasteiger partial charge < -0.3 is 19.3 Å². The molecule has 5 nitrogen and oxygen atoms in total. The van der Waals surface area contributed by atoms with Crippen molar-refractivity contribution in [3.8, 4) is 17.2 Å². The van der Waals surface area contributed by atoms with Crippen molar-refractivity contribution < 1.29 is 14.3 Å². The van der Waals surface area contributed by atoms with Crippen LogP contribution >= 0.6 is 0 Å². The number of hydrogen-bond donors (Lipinski definition) is 0. The predicted octanol–water partition coefficient (Wildman–Crippen LogP) is 3.66. The number of likely N-dealkylation sites (tertiary alicyclic amines) is 1. The molecule has 5 heteroatoms. The summed E-state index contributed by atoms with van der Waals surface area (Å²) in [6, 6.07) is 17.2. The van der Waals surface area contributed by atoms with Gasteiger partial charge in [-0.15, -0.1) is 0 Å². The number of rotatable bonds is 6. The average molecular weight is 368 g/mol. The third-order valence-electron chi connectivity index (χ3n) is 5.12. The fraction of sp³-hybridized carbons (Fsp3) is 0.409. The molecule has 3 rings (SSSR count). The molecule has 0 saturated carbocycles. The van der Waals surface area contributed by atoms with Gasteiger partial charge in [-0.25, -0.2) is 0 Å². The van der Waals surface area contributed by atoms with Crippen molar-refractivity contribution in [1.82, 2.24) is 9.80 Å². The van der Waals surface area contributed by atoms with E-state index in [-0.39, 0.29) is 18.6 Å². The standard InChI is InChI=1S/C22H28N2O3/c1-17-15-23(2)14-13-21(17)24(3)22(25)16-26-18-9-11-20(12-10-18)27-19-7-5-4-6-8-19/h4-12,17,21H,13-16H2,1-3H3. The predicted molar refractivity (Wildman–Crippen MR) is 106 cm³/mol. The molecular weight excluding hydrogens is 340 g/mol. The zero-order chi connectivity index (χ0) is 19.2. The Morgan fingerprint density at radius 1 is 1.07 bits per heavy atom. The van der Waals surface area contributed by atoms with E-state index < -0.39 is 0 Å². The molecule has 1 fully saturated rings. The molecule has 144 valence electrons. The van der Waals surface area contributed by atoms with Crippen LogP contribution in [0.4, 0.5) is 0 Å². The topological polar surface area (TPSA) is 42.0 Å². The molecule has 2 atom stereocenters. The Kier molecular flexibility index (Phi) is 6.35. The Balaban J connectivity index is 1.50. The normalized spacial score (nSPS) is 20.1. The van der Waals surface area contributed by atoms with Gasteiger partial charge in [-0.3, -0.25) is 4.79 Å². The highest BCUT2D eigenvalue weighted by atomic mass is 16.5. The third-order valence-corrected chi connectivity index (χ3v) is 5.12. The highest BCUT2D eigenvalue weighted by molar-refractivity contribution is 5.77. The van der Waals surface area contributed by atoms with Crippen molar-refractivity contribution in [3.05, 3.63) is 54.6 Å². The highest BCUT2D eigenvalue weighted by Gasteiger charge is 2.29. The van der Waals surface area contributed by atoms with E-state index in [4.69, 9.17) is 9.47 Å². The van der Waals surface area contributed by atoms with Crippen LogP contribution in [0, 0.1) is 5.92 Å². The molecule has 0 aromatic heterocycles. The van der Waals surface area contributed by atoms with E-state index in [1.807, 2.05) is 66.5 Å². The van der Waals surface area contributed by atoms with Crippen molar-refractivity contribution in [2.75, 3.05) is 33.8 Å². The molecule has 1 amide bonds. The summed E-state index contributed by atoms with van der Waals surface area (Å²) in [7, 11) is 4.01. The smallest absolute Gasteiger partial charge is 0.260 e. The fourth-order valence-corrected chi connectivity index (χ4v) is 3.58. The van der Waals surface area contributed by atoms with Gasteiger partial charge in [0.15, 0.2) is 6.61 Å². The van der Waals surface area contributed by atoms with E-state index >= 15 is 0 Å². The number of likely N-dealkylation sites (N-methyl/N-ethyl adjacent to an activating group) is 1. The Labute approximate surface area is 161 Å². The van der Waals surface area contributed by atoms with Gasteiger partial charge in [-0.2, -0.15) is 0 Å². The average Bonchev–Trinajstić information content (AvgIpc) is 2.67. The van der Waals surface area contributed by atoms with E-state index in [1.165, 1.54) is 0 Å². The van der Waals surface area contributed by atoms with Crippen molar-refractivity contribution in [3.63, 3.8) is 0 Å². The molecule has 1 aliphatic heterocycles. The number of carbonyl (C=O) groups excluding carboxylic acids is 1. The lowest BCUT2D eigenvalue weighted by Crippen LogP contribution is -2.50. The summed E-state index contributed by atoms with van der Waals surface area (Å²) in [5.74, 6) is 2.66. The second-order valence-corrected chi connectivity index (χ2v) is 7.28. The number of amides is 1. The largest absolute Gasteiger partial charge is 0.484 e. The quantitative estimate of drug-likeness (QED) is 0.780. The van der Waals surface area contributed by atoms with Crippen LogP contribution in [0.2, 0.25) is 0 Å². The maximum Gasteiger partial charge on any atom is 0.260 e. The summed E-state index contributed by atoms with van der Waals surface area (Å²) in [6.45, 7) is 4.30. The van der Waals surface area contributed by atoms with Crippen LogP contribution in [0.1, 0.15) is 13.3 Å². The van der Waals surface area contributed by atoms with Gasteiger partial charge in [-0.1, -0.05) is 25.1 Å². The summed E-state index contributed by atoms with van der Waals surface area (Å²) >= 11 is 0. The molecule has 0 radical (unpaired) electrons. The van der Waals surface area contributed by atoms with Crippen LogP contribution in [0.15, 0.2) is 54.6 Å². The van der Waals surface area contributed by atoms with Crippen LogP contribution in [-0.4, -0.2) is 55.5 Å². The first-order valence-electron chi connectivity index (χ1n) is 9.43. The Hall–Kier alpha value is -2.53. The Morgan fingerprint density at radius 3 is 2.37 bits per heavy atom. The minimum atomic E-state index is 0.0148. The fourth-order valence-electron chi connectivity index (χ4n) is 3.58. The monoisotopic (exact) mass is 368 g/mol. The number of piperidine rings is 1. The van der Waals surface area contributed by atoms with Crippen molar-refractivity contribution in [1.29, 1.82) is 0 Å². The summed E-state index contributed by atoms with van der Waals surface area (Å²) in [4.78, 5) is 16.7. The molecule has 2 unspecified atom stereocenters. The number of carbonyl (C=O) groups is 1. The summed E-state index contributed by atoms with van der Waals surface area (Å²) < 4.78 is 11.4. The molecule has 1 heterocycles. The molecular formula is C22H28N2O3. The van der Waals surface area contributed by atoms with Crippen molar-refractivity contribution in [2.24, 2.45) is 5.92 Å². The SMILES string of the molecule is CC1CN(C)CCC1N(C)C(=O)COc1ccc(Oc2ccccc2)cc1. The minimum Gasteiger partial charge on any atom is -0.484 e. The minimum absolute atomic E-state index is 0.0148. The zero-order valence-corrected chi connectivity index (χ0v) is 16.3. The summed E-state index contributed by atoms with van der Waals surface area (Å²) in [6.07, 6.45) is 1.01. The number of benzene rings is 2. The van der Waals surface area contributed by atoms with Gasteiger partial charge in [0.25, 0.3) is 5.91 Å². The molecule has 2 aromatic rings. The van der Waals surface area contributed by atoms with Gasteiger partial charge in [0.1, 0.15) is 17.2 Å². The number of nitrogens with zero attached hydrogens (tertiary/aromatic N) is 2. The van der Waals surface area contributed by atoms with Crippen molar-refractivity contribution >= 4 is 5.91 Å². The van der Waals surface area contributed by atoms with E-state index in [2.05, 4.69) is 18.9 Å². The lowest BCUT2D eigenvalue weighted by atomic mass is 9.93. The van der Waals surface area contributed by atoms with E-state index in [0.29, 0.717) is 11.7 Å². The summed E-state index contributed by atoms with van der Waals surface area (Å²) in [5.41, 5.74) is 0. The van der Waals surface area contributed by atoms with Crippen LogP contribution in [-0.2, 0) is 4.79 Å². The zero-order valence-electron chi connectivity index (χ0n) is 16.3. The molecule has 0 bridgehead atoms. The Bertz CT molecular complexity index is 733. The number of ether oxygens (including phenoxy) is 2. The maximum absolute atomic E-state index is 12.5. The van der Waals surface area contributed by atoms with Gasteiger partial charge in [-0.05, 0) is 62.3 Å². The molecule has 27 heavy (non-hydrogen) atoms. The highest BCUT2D eigenvalue weighted by Crippen LogP contribution is 2.24. The maximum atomic E-state index is 12.5. The molecule has 2 aromatic carbocycles. The second-order valence-electron chi connectivity index (χ2n) is 7.28. The third kappa shape index (κ3) is 5.23. The molecule has 1 saturated heterocycles. The van der Waals surface area contributed by atoms with Gasteiger partial charge in [0.05, 0.1) is 0 Å². The van der Waals surface area contributed by atoms with E-state index in [9.17, 15) is 4.79 Å². The number of hydrogen-bond acceptors (Lipinski definition) is 4. The van der Waals surface area contributed by atoms with E-state index in [0.717, 1.165) is 31.0 Å². The summed E-state index contributed by atoms with van der Waals surface area (Å²) in [5, 5.41) is 0. The molecule has 0 aliphatic carbocycles. The van der Waals surface area contributed by atoms with Gasteiger partial charge in [0, 0.05) is 19.6 Å². The van der Waals surface area contributed by atoms with Crippen LogP contribution < -0.4 is 9.47 Å². The first-order valence-corrected chi connectivity index (χ1v) is 9.43. The molecule has 1 aliphatic rings.